The van der Waals surface area contributed by atoms with E-state index in [1.807, 2.05) is 18.2 Å². The Morgan fingerprint density at radius 2 is 1.74 bits per heavy atom. The van der Waals surface area contributed by atoms with E-state index in [0.29, 0.717) is 31.6 Å². The number of hydrogen-bond donors (Lipinski definition) is 2. The molecular formula is C25H20ClN3O4S. The molecule has 0 atom stereocenters. The van der Waals surface area contributed by atoms with Crippen LogP contribution in [0.1, 0.15) is 48.4 Å². The lowest BCUT2D eigenvalue weighted by Crippen LogP contribution is -2.41. The molecule has 0 radical (unpaired) electrons. The SMILES string of the molecule is CC(=O)c1cnc2sc(C(=O)NNC(=O)c3ccccc3OCc3ccccc3Cl)c(C)c2c1. The number of hydrazine groups is 1. The molecule has 172 valence electrons. The van der Waals surface area contributed by atoms with Crippen LogP contribution in [0.5, 0.6) is 5.75 Å². The maximum absolute atomic E-state index is 12.8. The smallest absolute Gasteiger partial charge is 0.280 e. The number of Topliss-reactive ketones (excluding diaryl/α,β-unsaturated/α-hetero) is 1. The number of ether oxygens (including phenoxy) is 1. The third-order valence-corrected chi connectivity index (χ3v) is 6.75. The van der Waals surface area contributed by atoms with Crippen LogP contribution in [0.3, 0.4) is 0 Å². The molecule has 9 heteroatoms. The Labute approximate surface area is 204 Å². The highest BCUT2D eigenvalue weighted by atomic mass is 35.5. The minimum absolute atomic E-state index is 0.103. The first-order valence-electron chi connectivity index (χ1n) is 10.3. The lowest BCUT2D eigenvalue weighted by molar-refractivity contribution is 0.0846. The van der Waals surface area contributed by atoms with Crippen molar-refractivity contribution in [1.29, 1.82) is 0 Å². The van der Waals surface area contributed by atoms with Crippen LogP contribution in [-0.4, -0.2) is 22.6 Å². The normalized spacial score (nSPS) is 10.7. The number of carbonyl (C=O) groups is 3. The highest BCUT2D eigenvalue weighted by Crippen LogP contribution is 2.30. The number of rotatable bonds is 6. The third-order valence-electron chi connectivity index (χ3n) is 5.17. The predicted molar refractivity (Wildman–Crippen MR) is 132 cm³/mol. The van der Waals surface area contributed by atoms with Crippen LogP contribution in [0, 0.1) is 6.92 Å². The lowest BCUT2D eigenvalue weighted by Gasteiger charge is -2.13. The summed E-state index contributed by atoms with van der Waals surface area (Å²) in [4.78, 5) is 42.5. The van der Waals surface area contributed by atoms with Crippen molar-refractivity contribution >= 4 is 50.8 Å². The molecule has 0 aliphatic carbocycles. The van der Waals surface area contributed by atoms with E-state index in [-0.39, 0.29) is 18.0 Å². The molecule has 2 aromatic heterocycles. The topological polar surface area (TPSA) is 97.4 Å². The van der Waals surface area contributed by atoms with Gasteiger partial charge in [-0.2, -0.15) is 0 Å². The van der Waals surface area contributed by atoms with Gasteiger partial charge in [-0.25, -0.2) is 4.98 Å². The summed E-state index contributed by atoms with van der Waals surface area (Å²) in [5.41, 5.74) is 7.09. The van der Waals surface area contributed by atoms with E-state index in [1.54, 1.807) is 43.3 Å². The van der Waals surface area contributed by atoms with Crippen molar-refractivity contribution < 1.29 is 19.1 Å². The van der Waals surface area contributed by atoms with Crippen molar-refractivity contribution in [3.8, 4) is 5.75 Å². The van der Waals surface area contributed by atoms with Crippen LogP contribution in [0.4, 0.5) is 0 Å². The number of amides is 2. The number of aryl methyl sites for hydroxylation is 1. The molecule has 7 nitrogen and oxygen atoms in total. The summed E-state index contributed by atoms with van der Waals surface area (Å²) in [6, 6.07) is 15.7. The molecule has 0 bridgehead atoms. The number of pyridine rings is 1. The minimum Gasteiger partial charge on any atom is -0.488 e. The van der Waals surface area contributed by atoms with Gasteiger partial charge in [0.25, 0.3) is 11.8 Å². The summed E-state index contributed by atoms with van der Waals surface area (Å²) in [6.07, 6.45) is 1.49. The Balaban J connectivity index is 1.46. The molecule has 0 aliphatic heterocycles. The number of thiophene rings is 1. The van der Waals surface area contributed by atoms with Crippen LogP contribution in [0.15, 0.2) is 60.8 Å². The fourth-order valence-electron chi connectivity index (χ4n) is 3.30. The van der Waals surface area contributed by atoms with Crippen molar-refractivity contribution in [1.82, 2.24) is 15.8 Å². The summed E-state index contributed by atoms with van der Waals surface area (Å²) in [7, 11) is 0. The Morgan fingerprint density at radius 1 is 1.03 bits per heavy atom. The highest BCUT2D eigenvalue weighted by Gasteiger charge is 2.19. The fraction of sp³-hybridized carbons (Fsp3) is 0.120. The number of para-hydroxylation sites is 1. The minimum atomic E-state index is -0.529. The van der Waals surface area contributed by atoms with E-state index < -0.39 is 11.8 Å². The maximum Gasteiger partial charge on any atom is 0.280 e. The summed E-state index contributed by atoms with van der Waals surface area (Å²) in [5, 5.41) is 1.30. The van der Waals surface area contributed by atoms with Gasteiger partial charge < -0.3 is 4.74 Å². The van der Waals surface area contributed by atoms with Gasteiger partial charge in [0.2, 0.25) is 0 Å². The Morgan fingerprint density at radius 3 is 2.50 bits per heavy atom. The van der Waals surface area contributed by atoms with E-state index in [2.05, 4.69) is 15.8 Å². The molecule has 0 fully saturated rings. The molecule has 2 heterocycles. The highest BCUT2D eigenvalue weighted by molar-refractivity contribution is 7.20. The first kappa shape index (κ1) is 23.4. The molecular weight excluding hydrogens is 474 g/mol. The number of hydrogen-bond acceptors (Lipinski definition) is 6. The number of benzene rings is 2. The van der Waals surface area contributed by atoms with Crippen LogP contribution in [-0.2, 0) is 6.61 Å². The van der Waals surface area contributed by atoms with E-state index in [0.717, 1.165) is 10.9 Å². The molecule has 34 heavy (non-hydrogen) atoms. The van der Waals surface area contributed by atoms with Gasteiger partial charge >= 0.3 is 0 Å². The quantitative estimate of drug-likeness (QED) is 0.287. The largest absolute Gasteiger partial charge is 0.488 e. The lowest BCUT2D eigenvalue weighted by atomic mass is 10.1. The zero-order valence-corrected chi connectivity index (χ0v) is 19.9. The first-order chi connectivity index (χ1) is 16.3. The summed E-state index contributed by atoms with van der Waals surface area (Å²) in [6.45, 7) is 3.43. The molecule has 2 amide bonds. The Kier molecular flexibility index (Phi) is 6.90. The molecule has 0 aliphatic rings. The van der Waals surface area contributed by atoms with E-state index in [1.165, 1.54) is 24.5 Å². The van der Waals surface area contributed by atoms with Gasteiger partial charge in [0.05, 0.1) is 10.4 Å². The summed E-state index contributed by atoms with van der Waals surface area (Å²) >= 11 is 7.36. The maximum atomic E-state index is 12.8. The second-order valence-electron chi connectivity index (χ2n) is 7.47. The molecule has 2 N–H and O–H groups in total. The number of carbonyl (C=O) groups excluding carboxylic acids is 3. The van der Waals surface area contributed by atoms with Gasteiger partial charge in [0.15, 0.2) is 5.78 Å². The van der Waals surface area contributed by atoms with Crippen molar-refractivity contribution in [2.75, 3.05) is 0 Å². The Hall–Kier alpha value is -3.75. The van der Waals surface area contributed by atoms with Gasteiger partial charge in [-0.1, -0.05) is 41.9 Å². The van der Waals surface area contributed by atoms with Gasteiger partial charge in [-0.3, -0.25) is 25.2 Å². The number of nitrogens with zero attached hydrogens (tertiary/aromatic N) is 1. The zero-order valence-electron chi connectivity index (χ0n) is 18.3. The Bertz CT molecular complexity index is 1420. The molecule has 4 rings (SSSR count). The predicted octanol–water partition coefficient (Wildman–Crippen LogP) is 5.11. The first-order valence-corrected chi connectivity index (χ1v) is 11.5. The van der Waals surface area contributed by atoms with Crippen LogP contribution >= 0.6 is 22.9 Å². The number of halogens is 1. The average molecular weight is 494 g/mol. The number of aromatic nitrogens is 1. The number of nitrogens with one attached hydrogen (secondary N) is 2. The molecule has 4 aromatic rings. The number of ketones is 1. The summed E-state index contributed by atoms with van der Waals surface area (Å²) in [5.74, 6) is -0.756. The standard InChI is InChI=1S/C25H20ClN3O4S/c1-14-19-11-17(15(2)30)12-27-25(19)34-22(14)24(32)29-28-23(31)18-8-4-6-10-21(18)33-13-16-7-3-5-9-20(16)26/h3-12H,13H2,1-2H3,(H,28,31)(H,29,32). The van der Waals surface area contributed by atoms with Crippen molar-refractivity contribution in [2.24, 2.45) is 0 Å². The molecule has 0 unspecified atom stereocenters. The van der Waals surface area contributed by atoms with Crippen LogP contribution in [0.25, 0.3) is 10.2 Å². The van der Waals surface area contributed by atoms with Crippen molar-refractivity contribution in [2.45, 2.75) is 20.5 Å². The number of fused-ring (bicyclic) bond motifs is 1. The summed E-state index contributed by atoms with van der Waals surface area (Å²) < 4.78 is 5.81. The average Bonchev–Trinajstić information content (AvgIpc) is 3.18. The van der Waals surface area contributed by atoms with Gasteiger partial charge in [0.1, 0.15) is 17.2 Å². The van der Waals surface area contributed by atoms with Crippen LogP contribution < -0.4 is 15.6 Å². The van der Waals surface area contributed by atoms with E-state index in [4.69, 9.17) is 16.3 Å². The van der Waals surface area contributed by atoms with Gasteiger partial charge in [-0.15, -0.1) is 11.3 Å². The van der Waals surface area contributed by atoms with E-state index >= 15 is 0 Å². The van der Waals surface area contributed by atoms with E-state index in [9.17, 15) is 14.4 Å². The fourth-order valence-corrected chi connectivity index (χ4v) is 4.51. The zero-order chi connectivity index (χ0) is 24.2. The molecule has 0 saturated carbocycles. The second-order valence-corrected chi connectivity index (χ2v) is 8.88. The molecule has 0 saturated heterocycles. The van der Waals surface area contributed by atoms with Gasteiger partial charge in [0, 0.05) is 27.7 Å². The second kappa shape index (κ2) is 10.0. The third kappa shape index (κ3) is 4.93. The monoisotopic (exact) mass is 493 g/mol. The van der Waals surface area contributed by atoms with Crippen molar-refractivity contribution in [3.63, 3.8) is 0 Å². The van der Waals surface area contributed by atoms with Crippen molar-refractivity contribution in [3.05, 3.63) is 92.9 Å². The molecule has 0 spiro atoms. The van der Waals surface area contributed by atoms with Gasteiger partial charge in [-0.05, 0) is 43.7 Å². The van der Waals surface area contributed by atoms with Crippen LogP contribution in [0.2, 0.25) is 5.02 Å². The molecule has 2 aromatic carbocycles.